The van der Waals surface area contributed by atoms with Crippen LogP contribution >= 0.6 is 0 Å². The number of alkyl halides is 2. The van der Waals surface area contributed by atoms with E-state index in [4.69, 9.17) is 15.2 Å². The Balaban J connectivity index is 1.23. The number of para-hydroxylation sites is 1. The van der Waals surface area contributed by atoms with E-state index in [9.17, 15) is 13.2 Å². The number of hydrogen-bond donors (Lipinski definition) is 1. The molecule has 258 valence electrons. The van der Waals surface area contributed by atoms with Crippen molar-refractivity contribution in [2.75, 3.05) is 7.05 Å². The molecule has 0 spiro atoms. The second-order valence-corrected chi connectivity index (χ2v) is 15.5. The first-order valence-electron chi connectivity index (χ1n) is 17.0. The van der Waals surface area contributed by atoms with Crippen LogP contribution < -0.4 is 15.2 Å². The van der Waals surface area contributed by atoms with Gasteiger partial charge in [0.1, 0.15) is 17.2 Å². The second kappa shape index (κ2) is 13.3. The zero-order valence-corrected chi connectivity index (χ0v) is 28.2. The number of sulfonamides is 1. The number of ether oxygens (including phenoxy) is 2. The van der Waals surface area contributed by atoms with Gasteiger partial charge in [0.15, 0.2) is 6.04 Å². The lowest BCUT2D eigenvalue weighted by Gasteiger charge is -2.42. The third kappa shape index (κ3) is 6.63. The van der Waals surface area contributed by atoms with Crippen LogP contribution in [0.2, 0.25) is 0 Å². The third-order valence-corrected chi connectivity index (χ3v) is 12.0. The van der Waals surface area contributed by atoms with Crippen molar-refractivity contribution in [2.45, 2.75) is 92.5 Å². The van der Waals surface area contributed by atoms with Crippen LogP contribution in [0.4, 0.5) is 8.78 Å². The summed E-state index contributed by atoms with van der Waals surface area (Å²) in [6.07, 6.45) is 6.67. The highest BCUT2D eigenvalue weighted by Gasteiger charge is 2.56. The highest BCUT2D eigenvalue weighted by atomic mass is 32.2. The fourth-order valence-electron chi connectivity index (χ4n) is 7.75. The Labute approximate surface area is 285 Å². The summed E-state index contributed by atoms with van der Waals surface area (Å²) in [7, 11) is -3.53. The SMILES string of the molecule is CN([C@H](C(=O)N1C2CCC1CC(N)C2)C(F)(F)c1cccc(Oc2ccccc2)c1)S(=O)(=O)c1ccc2cc(OC3CCCC3)ccc2c1. The van der Waals surface area contributed by atoms with E-state index in [1.807, 2.05) is 12.1 Å². The van der Waals surface area contributed by atoms with E-state index < -0.39 is 33.5 Å². The molecule has 1 aliphatic carbocycles. The average molecular weight is 690 g/mol. The first kappa shape index (κ1) is 33.4. The van der Waals surface area contributed by atoms with E-state index in [0.717, 1.165) is 44.2 Å². The fraction of sp³-hybridized carbons (Fsp3) is 0.395. The van der Waals surface area contributed by atoms with Crippen molar-refractivity contribution in [3.05, 3.63) is 96.6 Å². The number of carbonyl (C=O) groups is 1. The lowest BCUT2D eigenvalue weighted by Crippen LogP contribution is -2.61. The second-order valence-electron chi connectivity index (χ2n) is 13.5. The molecule has 3 aliphatic rings. The monoisotopic (exact) mass is 689 g/mol. The van der Waals surface area contributed by atoms with Crippen LogP contribution in [0.5, 0.6) is 17.2 Å². The van der Waals surface area contributed by atoms with Crippen molar-refractivity contribution in [3.8, 4) is 17.2 Å². The first-order chi connectivity index (χ1) is 23.5. The number of piperidine rings is 1. The van der Waals surface area contributed by atoms with Crippen molar-refractivity contribution < 1.29 is 31.5 Å². The molecule has 11 heteroatoms. The summed E-state index contributed by atoms with van der Waals surface area (Å²) >= 11 is 0. The Morgan fingerprint density at radius 1 is 0.837 bits per heavy atom. The number of nitrogens with two attached hydrogens (primary N) is 1. The number of benzene rings is 4. The van der Waals surface area contributed by atoms with Crippen molar-refractivity contribution in [3.63, 3.8) is 0 Å². The van der Waals surface area contributed by atoms with Gasteiger partial charge in [-0.3, -0.25) is 4.79 Å². The van der Waals surface area contributed by atoms with Gasteiger partial charge in [0.05, 0.1) is 11.0 Å². The molecule has 0 aromatic heterocycles. The van der Waals surface area contributed by atoms with E-state index in [0.29, 0.717) is 46.9 Å². The van der Waals surface area contributed by atoms with Crippen LogP contribution in [0.1, 0.15) is 56.9 Å². The Bertz CT molecular complexity index is 1920. The number of fused-ring (bicyclic) bond motifs is 3. The number of hydrogen-bond acceptors (Lipinski definition) is 6. The molecule has 4 aromatic rings. The van der Waals surface area contributed by atoms with Crippen LogP contribution in [0, 0.1) is 0 Å². The van der Waals surface area contributed by atoms with Crippen molar-refractivity contribution >= 4 is 26.7 Å². The van der Waals surface area contributed by atoms with E-state index in [-0.39, 0.29) is 34.9 Å². The lowest BCUT2D eigenvalue weighted by atomic mass is 9.94. The van der Waals surface area contributed by atoms with Crippen LogP contribution in [-0.4, -0.2) is 60.8 Å². The summed E-state index contributed by atoms with van der Waals surface area (Å²) in [5.41, 5.74) is 5.71. The number of amides is 1. The topological polar surface area (TPSA) is 102 Å². The van der Waals surface area contributed by atoms with E-state index in [2.05, 4.69) is 0 Å². The van der Waals surface area contributed by atoms with Gasteiger partial charge in [0.2, 0.25) is 15.9 Å². The van der Waals surface area contributed by atoms with Gasteiger partial charge in [0.25, 0.3) is 5.92 Å². The van der Waals surface area contributed by atoms with Crippen molar-refractivity contribution in [1.29, 1.82) is 0 Å². The first-order valence-corrected chi connectivity index (χ1v) is 18.4. The molecule has 3 atom stereocenters. The number of halogens is 2. The molecule has 2 bridgehead atoms. The lowest BCUT2D eigenvalue weighted by molar-refractivity contribution is -0.155. The van der Waals surface area contributed by atoms with E-state index >= 15 is 8.78 Å². The molecule has 3 fully saturated rings. The molecule has 2 unspecified atom stereocenters. The summed E-state index contributed by atoms with van der Waals surface area (Å²) in [6.45, 7) is 0. The minimum atomic E-state index is -4.60. The van der Waals surface area contributed by atoms with Crippen LogP contribution in [-0.2, 0) is 20.7 Å². The number of rotatable bonds is 10. The van der Waals surface area contributed by atoms with Gasteiger partial charge in [-0.2, -0.15) is 13.1 Å². The van der Waals surface area contributed by atoms with Gasteiger partial charge >= 0.3 is 0 Å². The van der Waals surface area contributed by atoms with E-state index in [1.165, 1.54) is 35.2 Å². The zero-order chi connectivity index (χ0) is 34.3. The molecule has 8 nitrogen and oxygen atoms in total. The molecule has 2 saturated heterocycles. The zero-order valence-electron chi connectivity index (χ0n) is 27.4. The van der Waals surface area contributed by atoms with Crippen molar-refractivity contribution in [1.82, 2.24) is 9.21 Å². The maximum atomic E-state index is 17.0. The Kier molecular flexibility index (Phi) is 9.10. The quantitative estimate of drug-likeness (QED) is 0.189. The molecular formula is C38H41F2N3O5S. The fourth-order valence-corrected chi connectivity index (χ4v) is 9.10. The largest absolute Gasteiger partial charge is 0.490 e. The van der Waals surface area contributed by atoms with Gasteiger partial charge in [-0.1, -0.05) is 42.5 Å². The maximum Gasteiger partial charge on any atom is 0.298 e. The van der Waals surface area contributed by atoms with Crippen molar-refractivity contribution in [2.24, 2.45) is 5.73 Å². The molecule has 2 aliphatic heterocycles. The standard InChI is InChI=1S/C38H41F2N3O5S/c1-42(49(45,46)35-19-15-25-20-34(18-14-26(25)21-35)48-32-11-5-6-12-32)36(37(44)43-29-16-17-30(43)24-28(41)23-29)38(39,40)27-8-7-13-33(22-27)47-31-9-3-2-4-10-31/h2-4,7-10,13-15,18-22,28-30,32,36H,5-6,11-12,16-17,23-24,41H2,1H3/t28?,29?,30?,36-/m1/s1. The minimum absolute atomic E-state index is 0.134. The summed E-state index contributed by atoms with van der Waals surface area (Å²) < 4.78 is 75.1. The van der Waals surface area contributed by atoms with Gasteiger partial charge in [0, 0.05) is 30.7 Å². The molecule has 1 amide bonds. The molecule has 1 saturated carbocycles. The summed E-state index contributed by atoms with van der Waals surface area (Å²) in [6, 6.07) is 20.8. The molecule has 4 aromatic carbocycles. The third-order valence-electron chi connectivity index (χ3n) is 10.2. The minimum Gasteiger partial charge on any atom is -0.490 e. The molecular weight excluding hydrogens is 648 g/mol. The average Bonchev–Trinajstić information content (AvgIpc) is 3.70. The molecule has 0 radical (unpaired) electrons. The number of nitrogens with zero attached hydrogens (tertiary/aromatic N) is 2. The molecule has 2 N–H and O–H groups in total. The number of likely N-dealkylation sites (N-methyl/N-ethyl adjacent to an activating group) is 1. The molecule has 7 rings (SSSR count). The Morgan fingerprint density at radius 3 is 2.20 bits per heavy atom. The summed E-state index contributed by atoms with van der Waals surface area (Å²) in [5, 5.41) is 1.36. The Morgan fingerprint density at radius 2 is 1.49 bits per heavy atom. The highest BCUT2D eigenvalue weighted by molar-refractivity contribution is 7.89. The van der Waals surface area contributed by atoms with Gasteiger partial charge < -0.3 is 20.1 Å². The van der Waals surface area contributed by atoms with E-state index in [1.54, 1.807) is 42.5 Å². The Hall–Kier alpha value is -4.06. The molecule has 49 heavy (non-hydrogen) atoms. The molecule has 2 heterocycles. The van der Waals surface area contributed by atoms with Crippen LogP contribution in [0.25, 0.3) is 10.8 Å². The normalized spacial score (nSPS) is 22.1. The van der Waals surface area contributed by atoms with Gasteiger partial charge in [-0.15, -0.1) is 0 Å². The highest BCUT2D eigenvalue weighted by Crippen LogP contribution is 2.43. The smallest absolute Gasteiger partial charge is 0.298 e. The predicted octanol–water partition coefficient (Wildman–Crippen LogP) is 7.22. The van der Waals surface area contributed by atoms with Gasteiger partial charge in [-0.05, 0) is 111 Å². The van der Waals surface area contributed by atoms with Crippen LogP contribution in [0.15, 0.2) is 95.9 Å². The maximum absolute atomic E-state index is 17.0. The van der Waals surface area contributed by atoms with Crippen LogP contribution in [0.3, 0.4) is 0 Å². The number of carbonyl (C=O) groups excluding carboxylic acids is 1. The predicted molar refractivity (Wildman–Crippen MR) is 183 cm³/mol. The summed E-state index contributed by atoms with van der Waals surface area (Å²) in [5.74, 6) is -3.58. The summed E-state index contributed by atoms with van der Waals surface area (Å²) in [4.78, 5) is 15.7. The van der Waals surface area contributed by atoms with Gasteiger partial charge in [-0.25, -0.2) is 8.42 Å².